The number of rotatable bonds is 2. The van der Waals surface area contributed by atoms with E-state index < -0.39 is 23.5 Å². The summed E-state index contributed by atoms with van der Waals surface area (Å²) in [6.45, 7) is 0. The number of pyridine rings is 1. The van der Waals surface area contributed by atoms with Crippen LogP contribution in [0.15, 0.2) is 36.5 Å². The van der Waals surface area contributed by atoms with Crippen molar-refractivity contribution >= 4 is 5.97 Å². The molecule has 0 amide bonds. The normalized spacial score (nSPS) is 11.4. The Labute approximate surface area is 110 Å². The van der Waals surface area contributed by atoms with Crippen LogP contribution in [0.2, 0.25) is 0 Å². The highest BCUT2D eigenvalue weighted by atomic mass is 19.4. The van der Waals surface area contributed by atoms with Gasteiger partial charge >= 0.3 is 12.1 Å². The van der Waals surface area contributed by atoms with Crippen molar-refractivity contribution in [2.45, 2.75) is 6.18 Å². The number of hydrogen-bond acceptors (Lipinski definition) is 2. The molecule has 0 unspecified atom stereocenters. The minimum absolute atomic E-state index is 0.132. The van der Waals surface area contributed by atoms with E-state index in [0.29, 0.717) is 0 Å². The van der Waals surface area contributed by atoms with E-state index in [1.165, 1.54) is 0 Å². The number of benzene rings is 1. The van der Waals surface area contributed by atoms with E-state index in [1.54, 1.807) is 0 Å². The van der Waals surface area contributed by atoms with Gasteiger partial charge < -0.3 is 5.11 Å². The fourth-order valence-electron chi connectivity index (χ4n) is 1.58. The Hall–Kier alpha value is -2.44. The molecule has 0 saturated carbocycles. The molecule has 1 heterocycles. The van der Waals surface area contributed by atoms with Crippen molar-refractivity contribution in [1.29, 1.82) is 0 Å². The molecule has 3 nitrogen and oxygen atoms in total. The van der Waals surface area contributed by atoms with Crippen LogP contribution >= 0.6 is 0 Å². The fraction of sp³-hybridized carbons (Fsp3) is 0.0769. The Morgan fingerprint density at radius 2 is 1.75 bits per heavy atom. The number of alkyl halides is 3. The second-order valence-corrected chi connectivity index (χ2v) is 3.93. The molecule has 104 valence electrons. The topological polar surface area (TPSA) is 50.2 Å². The lowest BCUT2D eigenvalue weighted by Crippen LogP contribution is -2.04. The van der Waals surface area contributed by atoms with Crippen molar-refractivity contribution in [2.75, 3.05) is 0 Å². The van der Waals surface area contributed by atoms with Crippen LogP contribution in [0.25, 0.3) is 11.3 Å². The fourth-order valence-corrected chi connectivity index (χ4v) is 1.58. The molecule has 0 aliphatic heterocycles. The van der Waals surface area contributed by atoms with Gasteiger partial charge in [0, 0.05) is 11.8 Å². The number of carbonyl (C=O) groups is 1. The SMILES string of the molecule is O=C(O)c1cnc(-c2ccc(C(F)(F)F)cc2)c(F)c1. The minimum Gasteiger partial charge on any atom is -0.478 e. The van der Waals surface area contributed by atoms with Crippen molar-refractivity contribution in [3.8, 4) is 11.3 Å². The third-order valence-electron chi connectivity index (χ3n) is 2.57. The molecular weight excluding hydrogens is 278 g/mol. The van der Waals surface area contributed by atoms with E-state index in [0.717, 1.165) is 36.5 Å². The zero-order valence-electron chi connectivity index (χ0n) is 9.78. The average molecular weight is 285 g/mol. The highest BCUT2D eigenvalue weighted by molar-refractivity contribution is 5.87. The van der Waals surface area contributed by atoms with E-state index in [1.807, 2.05) is 0 Å². The quantitative estimate of drug-likeness (QED) is 0.858. The van der Waals surface area contributed by atoms with Gasteiger partial charge in [0.1, 0.15) is 11.5 Å². The van der Waals surface area contributed by atoms with Crippen LogP contribution in [-0.2, 0) is 6.18 Å². The molecule has 2 aromatic rings. The molecule has 0 aliphatic carbocycles. The van der Waals surface area contributed by atoms with Crippen molar-refractivity contribution < 1.29 is 27.5 Å². The molecule has 0 aliphatic rings. The van der Waals surface area contributed by atoms with Crippen molar-refractivity contribution in [3.63, 3.8) is 0 Å². The molecule has 0 saturated heterocycles. The molecule has 0 radical (unpaired) electrons. The Kier molecular flexibility index (Phi) is 3.44. The van der Waals surface area contributed by atoms with E-state index in [2.05, 4.69) is 4.98 Å². The van der Waals surface area contributed by atoms with Crippen LogP contribution in [0.3, 0.4) is 0 Å². The first-order chi connectivity index (χ1) is 9.29. The van der Waals surface area contributed by atoms with Gasteiger partial charge in [0.2, 0.25) is 0 Å². The summed E-state index contributed by atoms with van der Waals surface area (Å²) >= 11 is 0. The lowest BCUT2D eigenvalue weighted by Gasteiger charge is -2.08. The lowest BCUT2D eigenvalue weighted by molar-refractivity contribution is -0.137. The van der Waals surface area contributed by atoms with Crippen molar-refractivity contribution in [1.82, 2.24) is 4.98 Å². The van der Waals surface area contributed by atoms with Gasteiger partial charge in [0.15, 0.2) is 0 Å². The predicted octanol–water partition coefficient (Wildman–Crippen LogP) is 3.60. The second kappa shape index (κ2) is 4.92. The summed E-state index contributed by atoms with van der Waals surface area (Å²) in [5, 5.41) is 8.66. The first-order valence-electron chi connectivity index (χ1n) is 5.35. The van der Waals surface area contributed by atoms with E-state index in [-0.39, 0.29) is 16.8 Å². The Balaban J connectivity index is 2.40. The van der Waals surface area contributed by atoms with Gasteiger partial charge in [0.05, 0.1) is 11.1 Å². The summed E-state index contributed by atoms with van der Waals surface area (Å²) in [6, 6.07) is 4.54. The summed E-state index contributed by atoms with van der Waals surface area (Å²) in [7, 11) is 0. The van der Waals surface area contributed by atoms with Gasteiger partial charge in [-0.2, -0.15) is 13.2 Å². The molecule has 2 rings (SSSR count). The highest BCUT2D eigenvalue weighted by Crippen LogP contribution is 2.31. The van der Waals surface area contributed by atoms with Gasteiger partial charge in [-0.3, -0.25) is 4.98 Å². The van der Waals surface area contributed by atoms with Crippen LogP contribution in [0.5, 0.6) is 0 Å². The molecule has 20 heavy (non-hydrogen) atoms. The second-order valence-electron chi connectivity index (χ2n) is 3.93. The van der Waals surface area contributed by atoms with E-state index in [9.17, 15) is 22.4 Å². The highest BCUT2D eigenvalue weighted by Gasteiger charge is 2.30. The van der Waals surface area contributed by atoms with Crippen LogP contribution in [-0.4, -0.2) is 16.1 Å². The van der Waals surface area contributed by atoms with Crippen LogP contribution in [0.4, 0.5) is 17.6 Å². The monoisotopic (exact) mass is 285 g/mol. The third-order valence-corrected chi connectivity index (χ3v) is 2.57. The molecule has 0 spiro atoms. The van der Waals surface area contributed by atoms with Crippen molar-refractivity contribution in [3.05, 3.63) is 53.5 Å². The zero-order chi connectivity index (χ0) is 14.9. The number of nitrogens with zero attached hydrogens (tertiary/aromatic N) is 1. The van der Waals surface area contributed by atoms with Gasteiger partial charge in [-0.25, -0.2) is 9.18 Å². The van der Waals surface area contributed by atoms with Gasteiger partial charge in [-0.15, -0.1) is 0 Å². The molecule has 1 N–H and O–H groups in total. The summed E-state index contributed by atoms with van der Waals surface area (Å²) in [5.41, 5.74) is -1.27. The summed E-state index contributed by atoms with van der Waals surface area (Å²) in [4.78, 5) is 14.2. The molecule has 0 fully saturated rings. The molecule has 0 bridgehead atoms. The maximum atomic E-state index is 13.7. The van der Waals surface area contributed by atoms with Crippen molar-refractivity contribution in [2.24, 2.45) is 0 Å². The Bertz CT molecular complexity index is 650. The smallest absolute Gasteiger partial charge is 0.416 e. The molecular formula is C13H7F4NO2. The molecule has 0 atom stereocenters. The summed E-state index contributed by atoms with van der Waals surface area (Å²) in [6.07, 6.45) is -3.53. The first kappa shape index (κ1) is 14.0. The third kappa shape index (κ3) is 2.76. The maximum absolute atomic E-state index is 13.7. The molecule has 1 aromatic heterocycles. The molecule has 7 heteroatoms. The number of carboxylic acids is 1. The van der Waals surface area contributed by atoms with Gasteiger partial charge in [-0.05, 0) is 18.2 Å². The van der Waals surface area contributed by atoms with E-state index >= 15 is 0 Å². The Morgan fingerprint density at radius 1 is 1.15 bits per heavy atom. The maximum Gasteiger partial charge on any atom is 0.416 e. The minimum atomic E-state index is -4.47. The number of aromatic carboxylic acids is 1. The summed E-state index contributed by atoms with van der Waals surface area (Å²) in [5.74, 6) is -2.25. The van der Waals surface area contributed by atoms with Gasteiger partial charge in [0.25, 0.3) is 0 Å². The van der Waals surface area contributed by atoms with E-state index in [4.69, 9.17) is 5.11 Å². The van der Waals surface area contributed by atoms with Crippen LogP contribution < -0.4 is 0 Å². The number of aromatic nitrogens is 1. The van der Waals surface area contributed by atoms with Gasteiger partial charge in [-0.1, -0.05) is 12.1 Å². The predicted molar refractivity (Wildman–Crippen MR) is 61.6 cm³/mol. The standard InChI is InChI=1S/C13H7F4NO2/c14-10-5-8(12(19)20)6-18-11(10)7-1-3-9(4-2-7)13(15,16)17/h1-6H,(H,19,20). The first-order valence-corrected chi connectivity index (χ1v) is 5.35. The van der Waals surface area contributed by atoms with Crippen LogP contribution in [0.1, 0.15) is 15.9 Å². The largest absolute Gasteiger partial charge is 0.478 e. The summed E-state index contributed by atoms with van der Waals surface area (Å²) < 4.78 is 50.8. The molecule has 1 aromatic carbocycles. The number of carboxylic acid groups (broad SMARTS) is 1. The number of halogens is 4. The lowest BCUT2D eigenvalue weighted by atomic mass is 10.1. The zero-order valence-corrected chi connectivity index (χ0v) is 9.78. The average Bonchev–Trinajstić information content (AvgIpc) is 2.37. The Morgan fingerprint density at radius 3 is 2.20 bits per heavy atom. The number of hydrogen-bond donors (Lipinski definition) is 1. The van der Waals surface area contributed by atoms with Crippen LogP contribution in [0, 0.1) is 5.82 Å².